The van der Waals surface area contributed by atoms with Crippen molar-refractivity contribution in [3.8, 4) is 0 Å². The van der Waals surface area contributed by atoms with Gasteiger partial charge in [-0.05, 0) is 24.6 Å². The van der Waals surface area contributed by atoms with Crippen molar-refractivity contribution in [1.29, 1.82) is 0 Å². The lowest BCUT2D eigenvalue weighted by atomic mass is 10.2. The normalized spacial score (nSPS) is 15.1. The molecule has 0 radical (unpaired) electrons. The van der Waals surface area contributed by atoms with E-state index in [1.807, 2.05) is 17.0 Å². The SMILES string of the molecule is Cc1ccc(N)c(SCCN2CCNC2=O)c1. The number of nitrogens with zero attached hydrogens (tertiary/aromatic N) is 1. The Morgan fingerprint density at radius 3 is 3.06 bits per heavy atom. The van der Waals surface area contributed by atoms with Crippen LogP contribution >= 0.6 is 11.8 Å². The summed E-state index contributed by atoms with van der Waals surface area (Å²) in [4.78, 5) is 14.3. The molecule has 1 aromatic carbocycles. The van der Waals surface area contributed by atoms with Crippen molar-refractivity contribution < 1.29 is 4.79 Å². The molecule has 1 aromatic rings. The second-order valence-corrected chi connectivity index (χ2v) is 5.25. The Hall–Kier alpha value is -1.36. The Morgan fingerprint density at radius 1 is 1.53 bits per heavy atom. The van der Waals surface area contributed by atoms with Gasteiger partial charge in [0.05, 0.1) is 0 Å². The van der Waals surface area contributed by atoms with Crippen LogP contribution in [0.4, 0.5) is 10.5 Å². The second kappa shape index (κ2) is 5.31. The van der Waals surface area contributed by atoms with Crippen LogP contribution in [0.5, 0.6) is 0 Å². The topological polar surface area (TPSA) is 58.4 Å². The van der Waals surface area contributed by atoms with Gasteiger partial charge in [-0.1, -0.05) is 6.07 Å². The van der Waals surface area contributed by atoms with Crippen LogP contribution in [0.15, 0.2) is 23.1 Å². The number of rotatable bonds is 4. The maximum absolute atomic E-state index is 11.3. The molecular weight excluding hydrogens is 234 g/mol. The summed E-state index contributed by atoms with van der Waals surface area (Å²) in [7, 11) is 0. The Morgan fingerprint density at radius 2 is 2.35 bits per heavy atom. The van der Waals surface area contributed by atoms with Crippen LogP contribution in [-0.2, 0) is 0 Å². The van der Waals surface area contributed by atoms with Gasteiger partial charge < -0.3 is 16.0 Å². The summed E-state index contributed by atoms with van der Waals surface area (Å²) < 4.78 is 0. The first-order chi connectivity index (χ1) is 8.16. The number of aryl methyl sites for hydroxylation is 1. The van der Waals surface area contributed by atoms with Crippen LogP contribution in [0.1, 0.15) is 5.56 Å². The molecule has 2 amide bonds. The molecule has 0 aromatic heterocycles. The third-order valence-corrected chi connectivity index (χ3v) is 3.78. The smallest absolute Gasteiger partial charge is 0.317 e. The molecule has 0 spiro atoms. The largest absolute Gasteiger partial charge is 0.398 e. The average Bonchev–Trinajstić information content (AvgIpc) is 2.70. The molecule has 0 atom stereocenters. The minimum absolute atomic E-state index is 0.0443. The predicted octanol–water partition coefficient (Wildman–Crippen LogP) is 1.69. The maximum Gasteiger partial charge on any atom is 0.317 e. The predicted molar refractivity (Wildman–Crippen MR) is 71.3 cm³/mol. The van der Waals surface area contributed by atoms with Gasteiger partial charge in [-0.2, -0.15) is 0 Å². The van der Waals surface area contributed by atoms with E-state index in [9.17, 15) is 4.79 Å². The Bertz CT molecular complexity index is 422. The number of carbonyl (C=O) groups is 1. The molecule has 4 nitrogen and oxygen atoms in total. The lowest BCUT2D eigenvalue weighted by molar-refractivity contribution is 0.220. The highest BCUT2D eigenvalue weighted by Crippen LogP contribution is 2.25. The van der Waals surface area contributed by atoms with Crippen molar-refractivity contribution in [2.75, 3.05) is 31.1 Å². The fourth-order valence-electron chi connectivity index (χ4n) is 1.76. The van der Waals surface area contributed by atoms with Crippen LogP contribution < -0.4 is 11.1 Å². The molecular formula is C12H17N3OS. The van der Waals surface area contributed by atoms with E-state index in [0.29, 0.717) is 0 Å². The highest BCUT2D eigenvalue weighted by molar-refractivity contribution is 7.99. The first-order valence-electron chi connectivity index (χ1n) is 5.68. The molecule has 5 heteroatoms. The molecule has 3 N–H and O–H groups in total. The van der Waals surface area contributed by atoms with Crippen molar-refractivity contribution >= 4 is 23.5 Å². The molecule has 2 rings (SSSR count). The minimum Gasteiger partial charge on any atom is -0.398 e. The highest BCUT2D eigenvalue weighted by atomic mass is 32.2. The van der Waals surface area contributed by atoms with E-state index in [0.717, 1.165) is 36.0 Å². The van der Waals surface area contributed by atoms with Gasteiger partial charge >= 0.3 is 6.03 Å². The molecule has 0 unspecified atom stereocenters. The van der Waals surface area contributed by atoms with Gasteiger partial charge in [0.25, 0.3) is 0 Å². The number of nitrogens with two attached hydrogens (primary N) is 1. The van der Waals surface area contributed by atoms with E-state index < -0.39 is 0 Å². The molecule has 1 heterocycles. The monoisotopic (exact) mass is 251 g/mol. The summed E-state index contributed by atoms with van der Waals surface area (Å²) in [5.74, 6) is 0.876. The van der Waals surface area contributed by atoms with Crippen molar-refractivity contribution in [1.82, 2.24) is 10.2 Å². The lowest BCUT2D eigenvalue weighted by Gasteiger charge is -2.14. The third-order valence-electron chi connectivity index (χ3n) is 2.73. The summed E-state index contributed by atoms with van der Waals surface area (Å²) in [6.07, 6.45) is 0. The van der Waals surface area contributed by atoms with Crippen molar-refractivity contribution in [3.05, 3.63) is 23.8 Å². The van der Waals surface area contributed by atoms with Crippen LogP contribution in [-0.4, -0.2) is 36.3 Å². The number of urea groups is 1. The zero-order valence-corrected chi connectivity index (χ0v) is 10.7. The van der Waals surface area contributed by atoms with Crippen LogP contribution in [0.3, 0.4) is 0 Å². The number of anilines is 1. The first kappa shape index (κ1) is 12.1. The lowest BCUT2D eigenvalue weighted by Crippen LogP contribution is -2.30. The van der Waals surface area contributed by atoms with E-state index in [-0.39, 0.29) is 6.03 Å². The number of amides is 2. The van der Waals surface area contributed by atoms with Gasteiger partial charge in [0, 0.05) is 36.0 Å². The van der Waals surface area contributed by atoms with Gasteiger partial charge in [0.2, 0.25) is 0 Å². The number of carbonyl (C=O) groups excluding carboxylic acids is 1. The number of nitrogen functional groups attached to an aromatic ring is 1. The highest BCUT2D eigenvalue weighted by Gasteiger charge is 2.18. The van der Waals surface area contributed by atoms with Crippen molar-refractivity contribution in [2.24, 2.45) is 0 Å². The number of thioether (sulfide) groups is 1. The zero-order valence-electron chi connectivity index (χ0n) is 9.90. The summed E-state index contributed by atoms with van der Waals surface area (Å²) in [5.41, 5.74) is 7.92. The Labute approximate surface area is 106 Å². The number of hydrogen-bond acceptors (Lipinski definition) is 3. The Balaban J connectivity index is 1.85. The fourth-order valence-corrected chi connectivity index (χ4v) is 2.79. The summed E-state index contributed by atoms with van der Waals surface area (Å²) in [6, 6.07) is 6.07. The van der Waals surface area contributed by atoms with Gasteiger partial charge in [0.15, 0.2) is 0 Å². The molecule has 0 aliphatic carbocycles. The first-order valence-corrected chi connectivity index (χ1v) is 6.67. The maximum atomic E-state index is 11.3. The molecule has 1 aliphatic rings. The van der Waals surface area contributed by atoms with E-state index in [2.05, 4.69) is 18.3 Å². The van der Waals surface area contributed by atoms with Crippen LogP contribution in [0, 0.1) is 6.92 Å². The van der Waals surface area contributed by atoms with Crippen molar-refractivity contribution in [3.63, 3.8) is 0 Å². The molecule has 0 saturated carbocycles. The fraction of sp³-hybridized carbons (Fsp3) is 0.417. The average molecular weight is 251 g/mol. The van der Waals surface area contributed by atoms with Crippen LogP contribution in [0.25, 0.3) is 0 Å². The second-order valence-electron chi connectivity index (χ2n) is 4.11. The van der Waals surface area contributed by atoms with Crippen molar-refractivity contribution in [2.45, 2.75) is 11.8 Å². The zero-order chi connectivity index (χ0) is 12.3. The number of benzene rings is 1. The quantitative estimate of drug-likeness (QED) is 0.632. The minimum atomic E-state index is 0.0443. The summed E-state index contributed by atoms with van der Waals surface area (Å²) in [6.45, 7) is 4.39. The summed E-state index contributed by atoms with van der Waals surface area (Å²) >= 11 is 1.70. The van der Waals surface area contributed by atoms with Gasteiger partial charge in [0.1, 0.15) is 0 Å². The van der Waals surface area contributed by atoms with Gasteiger partial charge in [-0.3, -0.25) is 0 Å². The molecule has 1 fully saturated rings. The van der Waals surface area contributed by atoms with Gasteiger partial charge in [-0.25, -0.2) is 4.79 Å². The molecule has 1 saturated heterocycles. The number of nitrogens with one attached hydrogen (secondary N) is 1. The summed E-state index contributed by atoms with van der Waals surface area (Å²) in [5, 5.41) is 2.79. The van der Waals surface area contributed by atoms with E-state index >= 15 is 0 Å². The molecule has 92 valence electrons. The van der Waals surface area contributed by atoms with Gasteiger partial charge in [-0.15, -0.1) is 11.8 Å². The van der Waals surface area contributed by atoms with Crippen LogP contribution in [0.2, 0.25) is 0 Å². The molecule has 1 aliphatic heterocycles. The van der Waals surface area contributed by atoms with E-state index in [1.165, 1.54) is 5.56 Å². The molecule has 17 heavy (non-hydrogen) atoms. The van der Waals surface area contributed by atoms with E-state index in [1.54, 1.807) is 11.8 Å². The van der Waals surface area contributed by atoms with E-state index in [4.69, 9.17) is 5.73 Å². The Kier molecular flexibility index (Phi) is 3.78. The standard InChI is InChI=1S/C12H17N3OS/c1-9-2-3-10(13)11(8-9)17-7-6-15-5-4-14-12(15)16/h2-3,8H,4-7,13H2,1H3,(H,14,16). The third kappa shape index (κ3) is 3.06. The molecule has 0 bridgehead atoms. The number of hydrogen-bond donors (Lipinski definition) is 2.